The summed E-state index contributed by atoms with van der Waals surface area (Å²) >= 11 is 0. The predicted octanol–water partition coefficient (Wildman–Crippen LogP) is -3.15. The van der Waals surface area contributed by atoms with Gasteiger partial charge < -0.3 is 40.1 Å². The Hall–Kier alpha value is -0.580. The smallest absolute Gasteiger partial charge is 0.187 e. The van der Waals surface area contributed by atoms with Crippen molar-refractivity contribution >= 4 is 0 Å². The molecule has 1 heterocycles. The van der Waals surface area contributed by atoms with Crippen LogP contribution in [0.15, 0.2) is 12.2 Å². The number of hydrogen-bond donors (Lipinski definition) is 6. The normalized spacial score (nSPS) is 49.3. The van der Waals surface area contributed by atoms with Gasteiger partial charge in [-0.2, -0.15) is 0 Å². The Morgan fingerprint density at radius 1 is 1.00 bits per heavy atom. The molecule has 0 bridgehead atoms. The number of aliphatic hydroxyl groups excluding tert-OH is 6. The van der Waals surface area contributed by atoms with E-state index in [1.807, 2.05) is 0 Å². The molecule has 0 aromatic heterocycles. The van der Waals surface area contributed by atoms with Gasteiger partial charge in [-0.1, -0.05) is 12.2 Å². The molecule has 2 aliphatic rings. The fourth-order valence-electron chi connectivity index (χ4n) is 2.28. The predicted molar refractivity (Wildman–Crippen MR) is 64.4 cm³/mol. The quantitative estimate of drug-likeness (QED) is 0.300. The molecule has 0 aromatic rings. The van der Waals surface area contributed by atoms with Gasteiger partial charge >= 0.3 is 0 Å². The zero-order valence-corrected chi connectivity index (χ0v) is 10.7. The maximum atomic E-state index is 9.79. The largest absolute Gasteiger partial charge is 0.394 e. The number of aliphatic hydroxyl groups is 6. The van der Waals surface area contributed by atoms with Gasteiger partial charge in [0.2, 0.25) is 0 Å². The summed E-state index contributed by atoms with van der Waals surface area (Å²) in [7, 11) is 0. The summed E-state index contributed by atoms with van der Waals surface area (Å²) in [6.45, 7) is -0.559. The second-order valence-corrected chi connectivity index (χ2v) is 5.02. The highest BCUT2D eigenvalue weighted by atomic mass is 16.7. The lowest BCUT2D eigenvalue weighted by Crippen LogP contribution is -2.60. The third kappa shape index (κ3) is 3.02. The van der Waals surface area contributed by atoms with Crippen molar-refractivity contribution < 1.29 is 40.1 Å². The van der Waals surface area contributed by atoms with E-state index >= 15 is 0 Å². The van der Waals surface area contributed by atoms with Crippen molar-refractivity contribution in [3.05, 3.63) is 12.2 Å². The minimum Gasteiger partial charge on any atom is -0.394 e. The van der Waals surface area contributed by atoms with Crippen LogP contribution in [-0.4, -0.2) is 86.3 Å². The molecule has 1 aliphatic heterocycles. The maximum absolute atomic E-state index is 9.79. The van der Waals surface area contributed by atoms with Crippen molar-refractivity contribution in [2.75, 3.05) is 6.61 Å². The Labute approximate surface area is 115 Å². The molecule has 0 amide bonds. The van der Waals surface area contributed by atoms with Gasteiger partial charge in [0.05, 0.1) is 12.7 Å². The summed E-state index contributed by atoms with van der Waals surface area (Å²) in [5.74, 6) is 0. The number of rotatable bonds is 3. The topological polar surface area (TPSA) is 140 Å². The van der Waals surface area contributed by atoms with Crippen LogP contribution in [-0.2, 0) is 9.47 Å². The minimum atomic E-state index is -1.54. The van der Waals surface area contributed by atoms with E-state index in [9.17, 15) is 25.5 Å². The standard InChI is InChI=1S/C12H20O8/c13-4-7-9(16)10(17)11(18)12(20-7)19-6-3-1-2-5(14)8(6)15/h1,3,5-18H,2,4H2/t5-,6+,7-,8-,9-,10+,11-,12-/m1/s1. The highest BCUT2D eigenvalue weighted by Crippen LogP contribution is 2.25. The summed E-state index contributed by atoms with van der Waals surface area (Å²) in [4.78, 5) is 0. The van der Waals surface area contributed by atoms with Gasteiger partial charge in [-0.05, 0) is 6.42 Å². The van der Waals surface area contributed by atoms with E-state index in [1.54, 1.807) is 6.08 Å². The first-order valence-electron chi connectivity index (χ1n) is 6.44. The highest BCUT2D eigenvalue weighted by molar-refractivity contribution is 5.03. The second kappa shape index (κ2) is 6.46. The van der Waals surface area contributed by atoms with Crippen LogP contribution in [0.4, 0.5) is 0 Å². The third-order valence-electron chi connectivity index (χ3n) is 3.57. The molecule has 1 saturated heterocycles. The van der Waals surface area contributed by atoms with E-state index in [0.29, 0.717) is 0 Å². The molecule has 2 rings (SSSR count). The molecule has 0 saturated carbocycles. The summed E-state index contributed by atoms with van der Waals surface area (Å²) in [6, 6.07) is 0. The van der Waals surface area contributed by atoms with Gasteiger partial charge in [-0.3, -0.25) is 0 Å². The Morgan fingerprint density at radius 3 is 2.35 bits per heavy atom. The molecule has 1 fully saturated rings. The fraction of sp³-hybridized carbons (Fsp3) is 0.833. The van der Waals surface area contributed by atoms with Crippen molar-refractivity contribution in [2.24, 2.45) is 0 Å². The summed E-state index contributed by atoms with van der Waals surface area (Å²) < 4.78 is 10.5. The Balaban J connectivity index is 2.04. The Kier molecular flexibility index (Phi) is 5.10. The van der Waals surface area contributed by atoms with Gasteiger partial charge in [-0.25, -0.2) is 0 Å². The number of hydrogen-bond acceptors (Lipinski definition) is 8. The lowest BCUT2D eigenvalue weighted by molar-refractivity contribution is -0.314. The second-order valence-electron chi connectivity index (χ2n) is 5.02. The first kappa shape index (κ1) is 15.8. The Bertz CT molecular complexity index is 346. The van der Waals surface area contributed by atoms with Crippen LogP contribution in [0.1, 0.15) is 6.42 Å². The molecule has 8 nitrogen and oxygen atoms in total. The van der Waals surface area contributed by atoms with Crippen LogP contribution in [0.25, 0.3) is 0 Å². The van der Waals surface area contributed by atoms with Crippen molar-refractivity contribution in [3.63, 3.8) is 0 Å². The van der Waals surface area contributed by atoms with E-state index in [4.69, 9.17) is 14.6 Å². The van der Waals surface area contributed by atoms with Gasteiger partial charge in [0.1, 0.15) is 36.6 Å². The molecule has 8 heteroatoms. The zero-order valence-electron chi connectivity index (χ0n) is 10.7. The van der Waals surface area contributed by atoms with Crippen molar-refractivity contribution in [2.45, 2.75) is 55.4 Å². The molecule has 6 N–H and O–H groups in total. The van der Waals surface area contributed by atoms with Crippen molar-refractivity contribution in [1.29, 1.82) is 0 Å². The average molecular weight is 292 g/mol. The van der Waals surface area contributed by atoms with E-state index in [-0.39, 0.29) is 6.42 Å². The molecular weight excluding hydrogens is 272 g/mol. The minimum absolute atomic E-state index is 0.287. The van der Waals surface area contributed by atoms with E-state index in [2.05, 4.69) is 0 Å². The van der Waals surface area contributed by atoms with Gasteiger partial charge in [0.15, 0.2) is 6.29 Å². The highest BCUT2D eigenvalue weighted by Gasteiger charge is 2.45. The molecule has 116 valence electrons. The molecule has 20 heavy (non-hydrogen) atoms. The summed E-state index contributed by atoms with van der Waals surface area (Å²) in [5.41, 5.74) is 0. The van der Waals surface area contributed by atoms with E-state index in [1.165, 1.54) is 6.08 Å². The average Bonchev–Trinajstić information content (AvgIpc) is 2.44. The van der Waals surface area contributed by atoms with Crippen LogP contribution < -0.4 is 0 Å². The summed E-state index contributed by atoms with van der Waals surface area (Å²) in [6.07, 6.45) is -6.63. The molecule has 0 radical (unpaired) electrons. The van der Waals surface area contributed by atoms with E-state index < -0.39 is 55.6 Å². The first-order valence-corrected chi connectivity index (χ1v) is 6.44. The molecular formula is C12H20O8. The van der Waals surface area contributed by atoms with Crippen molar-refractivity contribution in [1.82, 2.24) is 0 Å². The lowest BCUT2D eigenvalue weighted by Gasteiger charge is -2.41. The molecule has 0 spiro atoms. The van der Waals surface area contributed by atoms with Gasteiger partial charge in [0, 0.05) is 0 Å². The first-order chi connectivity index (χ1) is 9.45. The van der Waals surface area contributed by atoms with Crippen LogP contribution in [0.5, 0.6) is 0 Å². The lowest BCUT2D eigenvalue weighted by atomic mass is 9.97. The van der Waals surface area contributed by atoms with Crippen molar-refractivity contribution in [3.8, 4) is 0 Å². The van der Waals surface area contributed by atoms with Crippen LogP contribution in [0, 0.1) is 0 Å². The zero-order chi connectivity index (χ0) is 14.9. The maximum Gasteiger partial charge on any atom is 0.187 e. The SMILES string of the molecule is OC[C@H]1O[C@@H](O[C@H]2C=CC[C@@H](O)[C@H]2O)[C@H](O)[C@@H](O)[C@@H]1O. The molecule has 1 aliphatic carbocycles. The van der Waals surface area contributed by atoms with E-state index in [0.717, 1.165) is 0 Å². The third-order valence-corrected chi connectivity index (χ3v) is 3.57. The Morgan fingerprint density at radius 2 is 1.70 bits per heavy atom. The molecule has 8 atom stereocenters. The molecule has 0 unspecified atom stereocenters. The summed E-state index contributed by atoms with van der Waals surface area (Å²) in [5, 5.41) is 57.4. The number of ether oxygens (including phenoxy) is 2. The van der Waals surface area contributed by atoms with Crippen LogP contribution in [0.2, 0.25) is 0 Å². The monoisotopic (exact) mass is 292 g/mol. The van der Waals surface area contributed by atoms with Gasteiger partial charge in [0.25, 0.3) is 0 Å². The van der Waals surface area contributed by atoms with Crippen LogP contribution in [0.3, 0.4) is 0 Å². The van der Waals surface area contributed by atoms with Crippen LogP contribution >= 0.6 is 0 Å². The molecule has 0 aromatic carbocycles. The van der Waals surface area contributed by atoms with Gasteiger partial charge in [-0.15, -0.1) is 0 Å². The fourth-order valence-corrected chi connectivity index (χ4v) is 2.28.